The van der Waals surface area contributed by atoms with Crippen molar-refractivity contribution < 1.29 is 9.53 Å². The van der Waals surface area contributed by atoms with E-state index in [9.17, 15) is 4.79 Å². The molecule has 3 unspecified atom stereocenters. The zero-order valence-electron chi connectivity index (χ0n) is 14.4. The molecule has 3 aliphatic rings. The fraction of sp³-hybridized carbons (Fsp3) is 0.650. The molecule has 1 N–H and O–H groups in total. The van der Waals surface area contributed by atoms with E-state index in [0.717, 1.165) is 44.6 Å². The third-order valence-corrected chi connectivity index (χ3v) is 6.15. The maximum Gasteiger partial charge on any atom is 0.220 e. The zero-order chi connectivity index (χ0) is 16.4. The highest BCUT2D eigenvalue weighted by atomic mass is 16.5. The van der Waals surface area contributed by atoms with Gasteiger partial charge in [-0.05, 0) is 48.6 Å². The van der Waals surface area contributed by atoms with Gasteiger partial charge in [0.15, 0.2) is 0 Å². The Kier molecular flexibility index (Phi) is 4.74. The Labute approximate surface area is 144 Å². The van der Waals surface area contributed by atoms with Crippen LogP contribution in [0.4, 0.5) is 5.69 Å². The molecule has 0 spiro atoms. The van der Waals surface area contributed by atoms with Crippen LogP contribution in [-0.2, 0) is 16.1 Å². The SMILES string of the molecule is O=C(CC1CC2CCC1C2)NCc1ccccc1N1CCOCC1. The summed E-state index contributed by atoms with van der Waals surface area (Å²) in [4.78, 5) is 14.8. The quantitative estimate of drug-likeness (QED) is 0.903. The molecular weight excluding hydrogens is 300 g/mol. The number of para-hydroxylation sites is 1. The van der Waals surface area contributed by atoms with Crippen LogP contribution in [-0.4, -0.2) is 32.2 Å². The van der Waals surface area contributed by atoms with Crippen LogP contribution in [0.15, 0.2) is 24.3 Å². The Bertz CT molecular complexity index is 583. The predicted octanol–water partition coefficient (Wildman–Crippen LogP) is 2.97. The van der Waals surface area contributed by atoms with E-state index < -0.39 is 0 Å². The maximum absolute atomic E-state index is 12.4. The summed E-state index contributed by atoms with van der Waals surface area (Å²) in [6.07, 6.45) is 6.12. The standard InChI is InChI=1S/C20H28N2O2/c23-20(13-18-12-15-5-6-16(18)11-15)21-14-17-3-1-2-4-19(17)22-7-9-24-10-8-22/h1-4,15-16,18H,5-14H2,(H,21,23). The maximum atomic E-state index is 12.4. The average Bonchev–Trinajstić information content (AvgIpc) is 3.24. The number of fused-ring (bicyclic) bond motifs is 2. The minimum Gasteiger partial charge on any atom is -0.378 e. The number of rotatable bonds is 5. The Balaban J connectivity index is 1.33. The van der Waals surface area contributed by atoms with Crippen LogP contribution in [0.25, 0.3) is 0 Å². The first-order valence-corrected chi connectivity index (χ1v) is 9.47. The van der Waals surface area contributed by atoms with Gasteiger partial charge in [0.2, 0.25) is 5.91 Å². The van der Waals surface area contributed by atoms with Crippen LogP contribution in [0.5, 0.6) is 0 Å². The van der Waals surface area contributed by atoms with Gasteiger partial charge in [-0.1, -0.05) is 24.6 Å². The molecule has 4 heteroatoms. The van der Waals surface area contributed by atoms with E-state index in [-0.39, 0.29) is 5.91 Å². The van der Waals surface area contributed by atoms with Crippen molar-refractivity contribution in [3.05, 3.63) is 29.8 Å². The van der Waals surface area contributed by atoms with Gasteiger partial charge < -0.3 is 15.0 Å². The van der Waals surface area contributed by atoms with E-state index in [1.165, 1.54) is 36.9 Å². The van der Waals surface area contributed by atoms with Crippen LogP contribution in [0, 0.1) is 17.8 Å². The smallest absolute Gasteiger partial charge is 0.220 e. The fourth-order valence-electron chi connectivity index (χ4n) is 4.90. The van der Waals surface area contributed by atoms with Crippen molar-refractivity contribution in [2.24, 2.45) is 17.8 Å². The lowest BCUT2D eigenvalue weighted by molar-refractivity contribution is -0.122. The molecule has 0 radical (unpaired) electrons. The number of hydrogen-bond acceptors (Lipinski definition) is 3. The molecule has 1 aliphatic heterocycles. The number of hydrogen-bond donors (Lipinski definition) is 1. The van der Waals surface area contributed by atoms with Crippen LogP contribution >= 0.6 is 0 Å². The number of ether oxygens (including phenoxy) is 1. The van der Waals surface area contributed by atoms with Crippen molar-refractivity contribution in [3.8, 4) is 0 Å². The van der Waals surface area contributed by atoms with E-state index in [1.54, 1.807) is 0 Å². The van der Waals surface area contributed by atoms with E-state index in [2.05, 4.69) is 34.5 Å². The second kappa shape index (κ2) is 7.14. The van der Waals surface area contributed by atoms with Gasteiger partial charge in [-0.15, -0.1) is 0 Å². The first kappa shape index (κ1) is 15.9. The molecule has 2 bridgehead atoms. The van der Waals surface area contributed by atoms with Gasteiger partial charge in [0.05, 0.1) is 13.2 Å². The molecular formula is C20H28N2O2. The van der Waals surface area contributed by atoms with Gasteiger partial charge in [-0.3, -0.25) is 4.79 Å². The second-order valence-electron chi connectivity index (χ2n) is 7.64. The van der Waals surface area contributed by atoms with Crippen molar-refractivity contribution >= 4 is 11.6 Å². The van der Waals surface area contributed by atoms with Crippen molar-refractivity contribution in [2.75, 3.05) is 31.2 Å². The Morgan fingerprint density at radius 1 is 1.17 bits per heavy atom. The minimum absolute atomic E-state index is 0.226. The molecule has 4 nitrogen and oxygen atoms in total. The van der Waals surface area contributed by atoms with Crippen LogP contribution in [0.1, 0.15) is 37.7 Å². The Morgan fingerprint density at radius 3 is 2.75 bits per heavy atom. The Hall–Kier alpha value is -1.55. The summed E-state index contributed by atoms with van der Waals surface area (Å²) >= 11 is 0. The van der Waals surface area contributed by atoms with Crippen LogP contribution < -0.4 is 10.2 Å². The zero-order valence-corrected chi connectivity index (χ0v) is 14.4. The highest BCUT2D eigenvalue weighted by Crippen LogP contribution is 2.49. The van der Waals surface area contributed by atoms with Crippen molar-refractivity contribution in [3.63, 3.8) is 0 Å². The van der Waals surface area contributed by atoms with Crippen molar-refractivity contribution in [1.29, 1.82) is 0 Å². The highest BCUT2D eigenvalue weighted by molar-refractivity contribution is 5.76. The van der Waals surface area contributed by atoms with Crippen LogP contribution in [0.3, 0.4) is 0 Å². The van der Waals surface area contributed by atoms with Gasteiger partial charge >= 0.3 is 0 Å². The molecule has 0 aromatic heterocycles. The summed E-state index contributed by atoms with van der Waals surface area (Å²) in [6, 6.07) is 8.41. The van der Waals surface area contributed by atoms with Gasteiger partial charge in [-0.2, -0.15) is 0 Å². The normalized spacial score (nSPS) is 29.0. The molecule has 1 saturated heterocycles. The third kappa shape index (κ3) is 3.44. The monoisotopic (exact) mass is 328 g/mol. The lowest BCUT2D eigenvalue weighted by Gasteiger charge is -2.30. The molecule has 1 aromatic rings. The third-order valence-electron chi connectivity index (χ3n) is 6.15. The summed E-state index contributed by atoms with van der Waals surface area (Å²) in [5.41, 5.74) is 2.45. The van der Waals surface area contributed by atoms with Gasteiger partial charge in [0.25, 0.3) is 0 Å². The van der Waals surface area contributed by atoms with Gasteiger partial charge in [0.1, 0.15) is 0 Å². The van der Waals surface area contributed by atoms with E-state index >= 15 is 0 Å². The molecule has 2 saturated carbocycles. The Morgan fingerprint density at radius 2 is 2.00 bits per heavy atom. The number of amides is 1. The summed E-state index contributed by atoms with van der Waals surface area (Å²) in [5.74, 6) is 2.60. The molecule has 130 valence electrons. The molecule has 1 amide bonds. The largest absolute Gasteiger partial charge is 0.378 e. The summed E-state index contributed by atoms with van der Waals surface area (Å²) in [7, 11) is 0. The van der Waals surface area contributed by atoms with Gasteiger partial charge in [-0.25, -0.2) is 0 Å². The molecule has 3 atom stereocenters. The molecule has 3 fully saturated rings. The van der Waals surface area contributed by atoms with E-state index in [1.807, 2.05) is 0 Å². The number of benzene rings is 1. The summed E-state index contributed by atoms with van der Waals surface area (Å²) in [6.45, 7) is 4.05. The molecule has 24 heavy (non-hydrogen) atoms. The van der Waals surface area contributed by atoms with E-state index in [4.69, 9.17) is 4.74 Å². The lowest BCUT2D eigenvalue weighted by atomic mass is 9.86. The predicted molar refractivity (Wildman–Crippen MR) is 94.9 cm³/mol. The number of anilines is 1. The highest BCUT2D eigenvalue weighted by Gasteiger charge is 2.40. The van der Waals surface area contributed by atoms with Crippen molar-refractivity contribution in [1.82, 2.24) is 5.32 Å². The topological polar surface area (TPSA) is 41.6 Å². The van der Waals surface area contributed by atoms with Crippen molar-refractivity contribution in [2.45, 2.75) is 38.6 Å². The molecule has 1 heterocycles. The van der Waals surface area contributed by atoms with Gasteiger partial charge in [0, 0.05) is 31.7 Å². The summed E-state index contributed by atoms with van der Waals surface area (Å²) in [5, 5.41) is 3.17. The first-order valence-electron chi connectivity index (χ1n) is 9.47. The fourth-order valence-corrected chi connectivity index (χ4v) is 4.90. The molecule has 4 rings (SSSR count). The number of nitrogens with zero attached hydrogens (tertiary/aromatic N) is 1. The second-order valence-corrected chi connectivity index (χ2v) is 7.64. The van der Waals surface area contributed by atoms with E-state index in [0.29, 0.717) is 12.5 Å². The number of morpholine rings is 1. The molecule has 2 aliphatic carbocycles. The number of carbonyl (C=O) groups excluding carboxylic acids is 1. The average molecular weight is 328 g/mol. The number of carbonyl (C=O) groups is 1. The number of nitrogens with one attached hydrogen (secondary N) is 1. The lowest BCUT2D eigenvalue weighted by Crippen LogP contribution is -2.37. The van der Waals surface area contributed by atoms with Crippen LogP contribution in [0.2, 0.25) is 0 Å². The minimum atomic E-state index is 0.226. The first-order chi connectivity index (χ1) is 11.8. The molecule has 1 aromatic carbocycles. The summed E-state index contributed by atoms with van der Waals surface area (Å²) < 4.78 is 5.45.